The molecule has 7 heteroatoms. The Bertz CT molecular complexity index is 759. The summed E-state index contributed by atoms with van der Waals surface area (Å²) in [5.41, 5.74) is 2.14. The van der Waals surface area contributed by atoms with Crippen LogP contribution in [0, 0.1) is 0 Å². The maximum atomic E-state index is 12.9. The molecule has 1 atom stereocenters. The summed E-state index contributed by atoms with van der Waals surface area (Å²) in [5.74, 6) is 0.731. The van der Waals surface area contributed by atoms with Crippen molar-refractivity contribution in [3.05, 3.63) is 36.0 Å². The first kappa shape index (κ1) is 19.4. The molecule has 1 aromatic heterocycles. The summed E-state index contributed by atoms with van der Waals surface area (Å²) in [6.07, 6.45) is 2.12. The Morgan fingerprint density at radius 1 is 1.41 bits per heavy atom. The van der Waals surface area contributed by atoms with Crippen LogP contribution in [0.5, 0.6) is 5.75 Å². The van der Waals surface area contributed by atoms with Crippen LogP contribution in [0.4, 0.5) is 0 Å². The highest BCUT2D eigenvalue weighted by atomic mass is 16.5. The van der Waals surface area contributed by atoms with Crippen LogP contribution in [0.3, 0.4) is 0 Å². The molecule has 0 saturated carbocycles. The van der Waals surface area contributed by atoms with Crippen molar-refractivity contribution in [3.8, 4) is 17.0 Å². The number of benzene rings is 1. The molecule has 1 aromatic carbocycles. The van der Waals surface area contributed by atoms with Crippen molar-refractivity contribution in [2.24, 2.45) is 0 Å². The second kappa shape index (κ2) is 9.01. The van der Waals surface area contributed by atoms with E-state index < -0.39 is 0 Å². The van der Waals surface area contributed by atoms with Gasteiger partial charge in [0.25, 0.3) is 5.91 Å². The summed E-state index contributed by atoms with van der Waals surface area (Å²) in [6.45, 7) is 2.84. The van der Waals surface area contributed by atoms with Gasteiger partial charge in [-0.25, -0.2) is 0 Å². The molecule has 1 amide bonds. The molecule has 1 unspecified atom stereocenters. The summed E-state index contributed by atoms with van der Waals surface area (Å²) in [6, 6.07) is 9.44. The molecule has 27 heavy (non-hydrogen) atoms. The minimum atomic E-state index is -0.0300. The second-order valence-electron chi connectivity index (χ2n) is 7.09. The Hall–Kier alpha value is -2.38. The third-order valence-corrected chi connectivity index (χ3v) is 4.73. The largest absolute Gasteiger partial charge is 0.497 e. The molecule has 1 N–H and O–H groups in total. The zero-order valence-electron chi connectivity index (χ0n) is 16.3. The van der Waals surface area contributed by atoms with E-state index in [4.69, 9.17) is 9.47 Å². The molecule has 1 aliphatic heterocycles. The van der Waals surface area contributed by atoms with Crippen molar-refractivity contribution in [2.45, 2.75) is 18.9 Å². The number of carbonyl (C=O) groups is 1. The van der Waals surface area contributed by atoms with E-state index in [-0.39, 0.29) is 12.0 Å². The van der Waals surface area contributed by atoms with E-state index in [0.717, 1.165) is 36.4 Å². The number of hydrogen-bond acceptors (Lipinski definition) is 5. The Balaban J connectivity index is 1.63. The average molecular weight is 372 g/mol. The number of morpholine rings is 1. The first-order chi connectivity index (χ1) is 13.1. The van der Waals surface area contributed by atoms with Crippen LogP contribution in [0.2, 0.25) is 0 Å². The van der Waals surface area contributed by atoms with Gasteiger partial charge in [0.05, 0.1) is 25.5 Å². The van der Waals surface area contributed by atoms with Crippen molar-refractivity contribution in [1.82, 2.24) is 20.0 Å². The van der Waals surface area contributed by atoms with Crippen molar-refractivity contribution in [2.75, 3.05) is 47.4 Å². The predicted molar refractivity (Wildman–Crippen MR) is 104 cm³/mol. The normalized spacial score (nSPS) is 17.3. The summed E-state index contributed by atoms with van der Waals surface area (Å²) in [7, 11) is 5.76. The maximum Gasteiger partial charge on any atom is 0.272 e. The molecule has 7 nitrogen and oxygen atoms in total. The molecule has 0 radical (unpaired) electrons. The lowest BCUT2D eigenvalue weighted by Crippen LogP contribution is -2.45. The summed E-state index contributed by atoms with van der Waals surface area (Å²) in [5, 5.41) is 7.18. The fourth-order valence-electron chi connectivity index (χ4n) is 3.25. The molecular weight excluding hydrogens is 344 g/mol. The average Bonchev–Trinajstić information content (AvgIpc) is 3.17. The molecule has 1 aliphatic rings. The first-order valence-electron chi connectivity index (χ1n) is 9.32. The quantitative estimate of drug-likeness (QED) is 0.807. The zero-order chi connectivity index (χ0) is 19.2. The monoisotopic (exact) mass is 372 g/mol. The van der Waals surface area contributed by atoms with Crippen molar-refractivity contribution >= 4 is 5.91 Å². The van der Waals surface area contributed by atoms with Crippen LogP contribution in [0.1, 0.15) is 23.3 Å². The SMILES string of the molecule is COc1cccc(-c2cc(C(=O)N3CCOC(CCCN(C)C)C3)[nH]n2)c1. The lowest BCUT2D eigenvalue weighted by atomic mass is 10.1. The minimum Gasteiger partial charge on any atom is -0.497 e. The van der Waals surface area contributed by atoms with Crippen LogP contribution < -0.4 is 4.74 Å². The van der Waals surface area contributed by atoms with Gasteiger partial charge in [0, 0.05) is 18.7 Å². The smallest absolute Gasteiger partial charge is 0.272 e. The highest BCUT2D eigenvalue weighted by Gasteiger charge is 2.26. The van der Waals surface area contributed by atoms with Gasteiger partial charge in [-0.1, -0.05) is 12.1 Å². The van der Waals surface area contributed by atoms with E-state index in [2.05, 4.69) is 29.2 Å². The number of ether oxygens (including phenoxy) is 2. The molecule has 1 saturated heterocycles. The van der Waals surface area contributed by atoms with Gasteiger partial charge in [-0.15, -0.1) is 0 Å². The van der Waals surface area contributed by atoms with Gasteiger partial charge in [-0.05, 0) is 51.7 Å². The molecule has 2 heterocycles. The van der Waals surface area contributed by atoms with Gasteiger partial charge < -0.3 is 19.3 Å². The van der Waals surface area contributed by atoms with Gasteiger partial charge in [-0.3, -0.25) is 9.89 Å². The molecule has 0 aliphatic carbocycles. The van der Waals surface area contributed by atoms with E-state index in [0.29, 0.717) is 25.4 Å². The number of H-pyrrole nitrogens is 1. The molecule has 1 fully saturated rings. The van der Waals surface area contributed by atoms with Crippen LogP contribution in [-0.4, -0.2) is 79.5 Å². The molecule has 0 bridgehead atoms. The van der Waals surface area contributed by atoms with Gasteiger partial charge in [0.1, 0.15) is 11.4 Å². The highest BCUT2D eigenvalue weighted by Crippen LogP contribution is 2.23. The topological polar surface area (TPSA) is 70.7 Å². The Morgan fingerprint density at radius 3 is 3.04 bits per heavy atom. The fraction of sp³-hybridized carbons (Fsp3) is 0.500. The zero-order valence-corrected chi connectivity index (χ0v) is 16.3. The van der Waals surface area contributed by atoms with Crippen molar-refractivity contribution < 1.29 is 14.3 Å². The molecular formula is C20H28N4O3. The number of methoxy groups -OCH3 is 1. The maximum absolute atomic E-state index is 12.9. The lowest BCUT2D eigenvalue weighted by Gasteiger charge is -2.32. The Morgan fingerprint density at radius 2 is 2.26 bits per heavy atom. The number of carbonyl (C=O) groups excluding carboxylic acids is 1. The predicted octanol–water partition coefficient (Wildman–Crippen LogP) is 2.27. The summed E-state index contributed by atoms with van der Waals surface area (Å²) < 4.78 is 11.1. The van der Waals surface area contributed by atoms with Crippen LogP contribution in [-0.2, 0) is 4.74 Å². The van der Waals surface area contributed by atoms with Crippen molar-refractivity contribution in [3.63, 3.8) is 0 Å². The van der Waals surface area contributed by atoms with Gasteiger partial charge in [0.15, 0.2) is 0 Å². The number of amides is 1. The van der Waals surface area contributed by atoms with Gasteiger partial charge >= 0.3 is 0 Å². The number of hydrogen-bond donors (Lipinski definition) is 1. The van der Waals surface area contributed by atoms with Gasteiger partial charge in [-0.2, -0.15) is 5.10 Å². The number of aromatic nitrogens is 2. The number of nitrogens with one attached hydrogen (secondary N) is 1. The lowest BCUT2D eigenvalue weighted by molar-refractivity contribution is -0.0262. The molecule has 0 spiro atoms. The second-order valence-corrected chi connectivity index (χ2v) is 7.09. The van der Waals surface area contributed by atoms with E-state index in [1.807, 2.05) is 29.2 Å². The Labute approximate surface area is 160 Å². The number of nitrogens with zero attached hydrogens (tertiary/aromatic N) is 3. The highest BCUT2D eigenvalue weighted by molar-refractivity contribution is 5.93. The molecule has 2 aromatic rings. The number of aromatic amines is 1. The minimum absolute atomic E-state index is 0.0300. The summed E-state index contributed by atoms with van der Waals surface area (Å²) in [4.78, 5) is 16.9. The Kier molecular flexibility index (Phi) is 6.47. The van der Waals surface area contributed by atoms with E-state index in [9.17, 15) is 4.79 Å². The van der Waals surface area contributed by atoms with Gasteiger partial charge in [0.2, 0.25) is 0 Å². The number of rotatable bonds is 7. The van der Waals surface area contributed by atoms with E-state index in [1.54, 1.807) is 13.2 Å². The standard InChI is InChI=1S/C20H28N4O3/c1-23(2)9-5-8-17-14-24(10-11-27-17)20(25)19-13-18(21-22-19)15-6-4-7-16(12-15)26-3/h4,6-7,12-13,17H,5,8-11,14H2,1-3H3,(H,21,22). The first-order valence-corrected chi connectivity index (χ1v) is 9.32. The third-order valence-electron chi connectivity index (χ3n) is 4.73. The molecule has 3 rings (SSSR count). The van der Waals surface area contributed by atoms with Crippen LogP contribution in [0.25, 0.3) is 11.3 Å². The van der Waals surface area contributed by atoms with E-state index in [1.165, 1.54) is 0 Å². The fourth-order valence-corrected chi connectivity index (χ4v) is 3.25. The summed E-state index contributed by atoms with van der Waals surface area (Å²) >= 11 is 0. The van der Waals surface area contributed by atoms with Crippen LogP contribution >= 0.6 is 0 Å². The molecule has 146 valence electrons. The van der Waals surface area contributed by atoms with Crippen LogP contribution in [0.15, 0.2) is 30.3 Å². The van der Waals surface area contributed by atoms with E-state index >= 15 is 0 Å². The third kappa shape index (κ3) is 5.08. The van der Waals surface area contributed by atoms with Crippen molar-refractivity contribution in [1.29, 1.82) is 0 Å².